The van der Waals surface area contributed by atoms with E-state index in [4.69, 9.17) is 16.3 Å². The molecule has 0 saturated heterocycles. The minimum absolute atomic E-state index is 0.635. The fourth-order valence-electron chi connectivity index (χ4n) is 1.12. The Kier molecular flexibility index (Phi) is 5.98. The molecule has 1 aromatic heterocycles. The van der Waals surface area contributed by atoms with Gasteiger partial charge in [0.05, 0.1) is 5.02 Å². The quantitative estimate of drug-likeness (QED) is 0.817. The van der Waals surface area contributed by atoms with Crippen LogP contribution in [0.2, 0.25) is 5.02 Å². The summed E-state index contributed by atoms with van der Waals surface area (Å²) in [7, 11) is 1.71. The van der Waals surface area contributed by atoms with Crippen LogP contribution in [0.4, 0.5) is 5.82 Å². The molecule has 15 heavy (non-hydrogen) atoms. The molecule has 0 aromatic carbocycles. The monoisotopic (exact) mass is 292 g/mol. The largest absolute Gasteiger partial charge is 0.385 e. The number of aromatic nitrogens is 1. The number of unbranched alkanes of at least 4 members (excludes halogenated alkanes) is 1. The number of anilines is 1. The van der Waals surface area contributed by atoms with E-state index in [1.807, 2.05) is 6.07 Å². The van der Waals surface area contributed by atoms with Crippen LogP contribution >= 0.6 is 27.5 Å². The zero-order chi connectivity index (χ0) is 11.1. The number of hydrogen-bond donors (Lipinski definition) is 1. The average molecular weight is 294 g/mol. The average Bonchev–Trinajstić information content (AvgIpc) is 2.20. The zero-order valence-electron chi connectivity index (χ0n) is 8.59. The molecule has 0 aliphatic heterocycles. The second kappa shape index (κ2) is 7.04. The standard InChI is InChI=1S/C10H14BrClN2O/c1-15-5-3-2-4-13-10-9(12)6-8(11)7-14-10/h6-7H,2-5H2,1H3,(H,13,14). The molecule has 3 nitrogen and oxygen atoms in total. The molecule has 0 atom stereocenters. The first-order valence-electron chi connectivity index (χ1n) is 4.78. The number of methoxy groups -OCH3 is 1. The highest BCUT2D eigenvalue weighted by atomic mass is 79.9. The van der Waals surface area contributed by atoms with Crippen LogP contribution in [-0.2, 0) is 4.74 Å². The van der Waals surface area contributed by atoms with Gasteiger partial charge in [-0.05, 0) is 34.8 Å². The molecular formula is C10H14BrClN2O. The van der Waals surface area contributed by atoms with E-state index in [9.17, 15) is 0 Å². The van der Waals surface area contributed by atoms with Gasteiger partial charge in [-0.15, -0.1) is 0 Å². The van der Waals surface area contributed by atoms with Gasteiger partial charge in [0.25, 0.3) is 0 Å². The lowest BCUT2D eigenvalue weighted by Crippen LogP contribution is -2.04. The van der Waals surface area contributed by atoms with Crippen LogP contribution in [0.1, 0.15) is 12.8 Å². The number of nitrogens with one attached hydrogen (secondary N) is 1. The van der Waals surface area contributed by atoms with Crippen molar-refractivity contribution in [1.82, 2.24) is 4.98 Å². The third-order valence-electron chi connectivity index (χ3n) is 1.88. The van der Waals surface area contributed by atoms with E-state index < -0.39 is 0 Å². The summed E-state index contributed by atoms with van der Waals surface area (Å²) in [5.74, 6) is 0.734. The van der Waals surface area contributed by atoms with Gasteiger partial charge in [0.1, 0.15) is 5.82 Å². The summed E-state index contributed by atoms with van der Waals surface area (Å²) in [5.41, 5.74) is 0. The maximum Gasteiger partial charge on any atom is 0.144 e. The van der Waals surface area contributed by atoms with E-state index in [0.29, 0.717) is 5.02 Å². The van der Waals surface area contributed by atoms with Crippen LogP contribution in [0.25, 0.3) is 0 Å². The fraction of sp³-hybridized carbons (Fsp3) is 0.500. The third-order valence-corrected chi connectivity index (χ3v) is 2.60. The van der Waals surface area contributed by atoms with E-state index in [1.165, 1.54) is 0 Å². The number of hydrogen-bond acceptors (Lipinski definition) is 3. The van der Waals surface area contributed by atoms with Crippen molar-refractivity contribution in [3.63, 3.8) is 0 Å². The highest BCUT2D eigenvalue weighted by Crippen LogP contribution is 2.22. The van der Waals surface area contributed by atoms with Crippen molar-refractivity contribution in [3.05, 3.63) is 21.8 Å². The van der Waals surface area contributed by atoms with E-state index >= 15 is 0 Å². The molecule has 1 aromatic rings. The minimum atomic E-state index is 0.635. The predicted octanol–water partition coefficient (Wildman–Crippen LogP) is 3.34. The maximum atomic E-state index is 5.99. The first-order valence-corrected chi connectivity index (χ1v) is 5.95. The molecule has 0 bridgehead atoms. The summed E-state index contributed by atoms with van der Waals surface area (Å²) in [5, 5.41) is 3.81. The molecule has 1 heterocycles. The van der Waals surface area contributed by atoms with E-state index in [1.54, 1.807) is 13.3 Å². The molecule has 1 rings (SSSR count). The molecule has 0 aliphatic rings. The summed E-state index contributed by atoms with van der Waals surface area (Å²) < 4.78 is 5.84. The molecule has 0 amide bonds. The van der Waals surface area contributed by atoms with Gasteiger partial charge in [0.2, 0.25) is 0 Å². The Labute approximate surface area is 103 Å². The molecule has 0 spiro atoms. The Hall–Kier alpha value is -0.320. The van der Waals surface area contributed by atoms with E-state index in [0.717, 1.165) is 36.3 Å². The molecule has 0 saturated carbocycles. The van der Waals surface area contributed by atoms with Crippen LogP contribution in [-0.4, -0.2) is 25.2 Å². The van der Waals surface area contributed by atoms with Crippen LogP contribution in [0.3, 0.4) is 0 Å². The molecule has 0 fully saturated rings. The second-order valence-corrected chi connectivity index (χ2v) is 4.43. The van der Waals surface area contributed by atoms with Gasteiger partial charge in [-0.2, -0.15) is 0 Å². The second-order valence-electron chi connectivity index (χ2n) is 3.11. The molecule has 1 N–H and O–H groups in total. The van der Waals surface area contributed by atoms with Crippen molar-refractivity contribution in [3.8, 4) is 0 Å². The van der Waals surface area contributed by atoms with E-state index in [2.05, 4.69) is 26.2 Å². The summed E-state index contributed by atoms with van der Waals surface area (Å²) in [6.45, 7) is 1.65. The summed E-state index contributed by atoms with van der Waals surface area (Å²) in [6.07, 6.45) is 3.81. The molecular weight excluding hydrogens is 279 g/mol. The molecule has 84 valence electrons. The van der Waals surface area contributed by atoms with Gasteiger partial charge in [-0.25, -0.2) is 4.98 Å². The molecule has 0 aliphatic carbocycles. The van der Waals surface area contributed by atoms with Gasteiger partial charge in [0, 0.05) is 30.9 Å². The van der Waals surface area contributed by atoms with Crippen molar-refractivity contribution >= 4 is 33.3 Å². The SMILES string of the molecule is COCCCCNc1ncc(Br)cc1Cl. The van der Waals surface area contributed by atoms with Gasteiger partial charge in [-0.3, -0.25) is 0 Å². The van der Waals surface area contributed by atoms with Crippen molar-refractivity contribution in [2.45, 2.75) is 12.8 Å². The molecule has 0 unspecified atom stereocenters. The normalized spacial score (nSPS) is 10.3. The van der Waals surface area contributed by atoms with Crippen molar-refractivity contribution in [2.75, 3.05) is 25.6 Å². The van der Waals surface area contributed by atoms with Gasteiger partial charge in [0.15, 0.2) is 0 Å². The van der Waals surface area contributed by atoms with Crippen molar-refractivity contribution in [2.24, 2.45) is 0 Å². The highest BCUT2D eigenvalue weighted by Gasteiger charge is 2.01. The first-order chi connectivity index (χ1) is 7.24. The number of pyridine rings is 1. The third kappa shape index (κ3) is 4.82. The highest BCUT2D eigenvalue weighted by molar-refractivity contribution is 9.10. The number of rotatable bonds is 6. The molecule has 0 radical (unpaired) electrons. The number of halogens is 2. The topological polar surface area (TPSA) is 34.1 Å². The fourth-order valence-corrected chi connectivity index (χ4v) is 1.82. The number of nitrogens with zero attached hydrogens (tertiary/aromatic N) is 1. The predicted molar refractivity (Wildman–Crippen MR) is 66.5 cm³/mol. The Morgan fingerprint density at radius 1 is 1.53 bits per heavy atom. The smallest absolute Gasteiger partial charge is 0.144 e. The lowest BCUT2D eigenvalue weighted by Gasteiger charge is -2.06. The molecule has 5 heteroatoms. The van der Waals surface area contributed by atoms with E-state index in [-0.39, 0.29) is 0 Å². The Bertz CT molecular complexity index is 309. The maximum absolute atomic E-state index is 5.99. The van der Waals surface area contributed by atoms with Crippen LogP contribution in [0.15, 0.2) is 16.7 Å². The van der Waals surface area contributed by atoms with Crippen LogP contribution in [0, 0.1) is 0 Å². The van der Waals surface area contributed by atoms with Gasteiger partial charge >= 0.3 is 0 Å². The number of ether oxygens (including phenoxy) is 1. The zero-order valence-corrected chi connectivity index (χ0v) is 10.9. The lowest BCUT2D eigenvalue weighted by atomic mass is 10.3. The van der Waals surface area contributed by atoms with Gasteiger partial charge in [-0.1, -0.05) is 11.6 Å². The summed E-state index contributed by atoms with van der Waals surface area (Å²) in [6, 6.07) is 1.83. The summed E-state index contributed by atoms with van der Waals surface area (Å²) >= 11 is 9.30. The van der Waals surface area contributed by atoms with Crippen LogP contribution in [0.5, 0.6) is 0 Å². The van der Waals surface area contributed by atoms with Gasteiger partial charge < -0.3 is 10.1 Å². The van der Waals surface area contributed by atoms with Crippen molar-refractivity contribution in [1.29, 1.82) is 0 Å². The Morgan fingerprint density at radius 3 is 3.00 bits per heavy atom. The van der Waals surface area contributed by atoms with Crippen molar-refractivity contribution < 1.29 is 4.74 Å². The Morgan fingerprint density at radius 2 is 2.33 bits per heavy atom. The Balaban J connectivity index is 2.31. The first kappa shape index (κ1) is 12.7. The van der Waals surface area contributed by atoms with Crippen LogP contribution < -0.4 is 5.32 Å². The lowest BCUT2D eigenvalue weighted by molar-refractivity contribution is 0.194. The minimum Gasteiger partial charge on any atom is -0.385 e. The summed E-state index contributed by atoms with van der Waals surface area (Å²) in [4.78, 5) is 4.17.